The van der Waals surface area contributed by atoms with Crippen LogP contribution in [0, 0.1) is 0 Å². The van der Waals surface area contributed by atoms with Crippen LogP contribution in [0.25, 0.3) is 0 Å². The monoisotopic (exact) mass is 385 g/mol. The zero-order valence-electron chi connectivity index (χ0n) is 15.1. The van der Waals surface area contributed by atoms with Crippen LogP contribution in [0.2, 0.25) is 0 Å². The minimum Gasteiger partial charge on any atom is -0.369 e. The Balaban J connectivity index is 1.78. The van der Waals surface area contributed by atoms with E-state index in [-0.39, 0.29) is 11.3 Å². The van der Waals surface area contributed by atoms with Crippen molar-refractivity contribution < 1.29 is 18.0 Å². The number of nitrogens with one attached hydrogen (secondary N) is 1. The highest BCUT2D eigenvalue weighted by Gasteiger charge is 2.33. The minimum absolute atomic E-state index is 0.175. The molecule has 0 unspecified atom stereocenters. The number of hydrogen-bond acceptors (Lipinski definition) is 3. The van der Waals surface area contributed by atoms with Crippen molar-refractivity contribution in [3.05, 3.63) is 89.7 Å². The molecule has 0 spiro atoms. The van der Waals surface area contributed by atoms with Gasteiger partial charge in [0.2, 0.25) is 0 Å². The molecule has 0 aliphatic heterocycles. The van der Waals surface area contributed by atoms with Gasteiger partial charge in [0.05, 0.1) is 28.7 Å². The maximum Gasteiger partial charge on any atom is 0.418 e. The summed E-state index contributed by atoms with van der Waals surface area (Å²) in [6.07, 6.45) is -1.63. The van der Waals surface area contributed by atoms with E-state index in [1.165, 1.54) is 24.4 Å². The zero-order valence-corrected chi connectivity index (χ0v) is 15.1. The van der Waals surface area contributed by atoms with Crippen molar-refractivity contribution in [2.24, 2.45) is 0 Å². The van der Waals surface area contributed by atoms with E-state index in [1.807, 2.05) is 42.3 Å². The Bertz CT molecular complexity index is 958. The summed E-state index contributed by atoms with van der Waals surface area (Å²) in [4.78, 5) is 18.5. The lowest BCUT2D eigenvalue weighted by Crippen LogP contribution is -2.19. The highest BCUT2D eigenvalue weighted by Crippen LogP contribution is 2.34. The summed E-state index contributed by atoms with van der Waals surface area (Å²) in [6.45, 7) is 0.602. The van der Waals surface area contributed by atoms with Crippen molar-refractivity contribution in [2.45, 2.75) is 12.7 Å². The van der Waals surface area contributed by atoms with Gasteiger partial charge in [-0.3, -0.25) is 9.78 Å². The van der Waals surface area contributed by atoms with Gasteiger partial charge in [-0.1, -0.05) is 42.5 Å². The lowest BCUT2D eigenvalue weighted by molar-refractivity contribution is -0.136. The van der Waals surface area contributed by atoms with E-state index >= 15 is 0 Å². The number of hydrogen-bond donors (Lipinski definition) is 1. The summed E-state index contributed by atoms with van der Waals surface area (Å²) in [6, 6.07) is 16.2. The highest BCUT2D eigenvalue weighted by atomic mass is 19.4. The van der Waals surface area contributed by atoms with Crippen molar-refractivity contribution in [1.82, 2.24) is 4.98 Å². The Morgan fingerprint density at radius 1 is 1.04 bits per heavy atom. The van der Waals surface area contributed by atoms with Gasteiger partial charge >= 0.3 is 6.18 Å². The number of anilines is 2. The molecule has 0 saturated heterocycles. The smallest absolute Gasteiger partial charge is 0.369 e. The molecule has 144 valence electrons. The van der Waals surface area contributed by atoms with E-state index in [2.05, 4.69) is 10.3 Å². The van der Waals surface area contributed by atoms with E-state index in [4.69, 9.17) is 0 Å². The molecule has 28 heavy (non-hydrogen) atoms. The normalized spacial score (nSPS) is 11.1. The van der Waals surface area contributed by atoms with E-state index in [1.54, 1.807) is 12.3 Å². The Morgan fingerprint density at radius 3 is 2.43 bits per heavy atom. The number of halogens is 3. The molecule has 2 aromatic carbocycles. The predicted octanol–water partition coefficient (Wildman–Crippen LogP) is 4.99. The van der Waals surface area contributed by atoms with Crippen molar-refractivity contribution in [1.29, 1.82) is 0 Å². The highest BCUT2D eigenvalue weighted by molar-refractivity contribution is 6.05. The van der Waals surface area contributed by atoms with Crippen molar-refractivity contribution in [2.75, 3.05) is 17.3 Å². The third-order valence-corrected chi connectivity index (χ3v) is 4.17. The van der Waals surface area contributed by atoms with Crippen LogP contribution >= 0.6 is 0 Å². The number of rotatable bonds is 5. The average Bonchev–Trinajstić information content (AvgIpc) is 2.68. The summed E-state index contributed by atoms with van der Waals surface area (Å²) in [7, 11) is 1.85. The SMILES string of the molecule is CN(Cc1ccccc1)c1cncc(C(=O)Nc2ccccc2C(F)(F)F)c1. The summed E-state index contributed by atoms with van der Waals surface area (Å²) in [5.41, 5.74) is 0.755. The van der Waals surface area contributed by atoms with Crippen LogP contribution in [0.1, 0.15) is 21.5 Å². The molecular weight excluding hydrogens is 367 g/mol. The molecule has 7 heteroatoms. The van der Waals surface area contributed by atoms with Gasteiger partial charge in [0.25, 0.3) is 5.91 Å². The number of amides is 1. The largest absolute Gasteiger partial charge is 0.418 e. The van der Waals surface area contributed by atoms with Crippen LogP contribution in [-0.4, -0.2) is 17.9 Å². The Labute approximate surface area is 160 Å². The molecule has 0 aliphatic rings. The van der Waals surface area contributed by atoms with Crippen LogP contribution in [-0.2, 0) is 12.7 Å². The third-order valence-electron chi connectivity index (χ3n) is 4.17. The predicted molar refractivity (Wildman–Crippen MR) is 102 cm³/mol. The molecule has 1 heterocycles. The molecule has 1 aromatic heterocycles. The minimum atomic E-state index is -4.56. The first-order valence-electron chi connectivity index (χ1n) is 8.52. The van der Waals surface area contributed by atoms with Crippen molar-refractivity contribution in [3.8, 4) is 0 Å². The van der Waals surface area contributed by atoms with Gasteiger partial charge in [-0.05, 0) is 23.8 Å². The first-order valence-corrected chi connectivity index (χ1v) is 8.52. The van der Waals surface area contributed by atoms with Gasteiger partial charge in [-0.25, -0.2) is 0 Å². The fourth-order valence-electron chi connectivity index (χ4n) is 2.74. The number of carbonyl (C=O) groups excluding carboxylic acids is 1. The number of nitrogens with zero attached hydrogens (tertiary/aromatic N) is 2. The van der Waals surface area contributed by atoms with Crippen LogP contribution in [0.4, 0.5) is 24.5 Å². The summed E-state index contributed by atoms with van der Waals surface area (Å²) >= 11 is 0. The van der Waals surface area contributed by atoms with E-state index in [0.29, 0.717) is 12.2 Å². The molecule has 0 radical (unpaired) electrons. The molecule has 1 N–H and O–H groups in total. The van der Waals surface area contributed by atoms with Gasteiger partial charge < -0.3 is 10.2 Å². The lowest BCUT2D eigenvalue weighted by atomic mass is 10.1. The standard InChI is InChI=1S/C21H18F3N3O/c1-27(14-15-7-3-2-4-8-15)17-11-16(12-25-13-17)20(28)26-19-10-6-5-9-18(19)21(22,23)24/h2-13H,14H2,1H3,(H,26,28). The molecule has 0 fully saturated rings. The van der Waals surface area contributed by atoms with Gasteiger partial charge in [0.1, 0.15) is 0 Å². The first-order chi connectivity index (χ1) is 13.3. The number of pyridine rings is 1. The van der Waals surface area contributed by atoms with Crippen LogP contribution < -0.4 is 10.2 Å². The second-order valence-electron chi connectivity index (χ2n) is 6.27. The van der Waals surface area contributed by atoms with Gasteiger partial charge in [0.15, 0.2) is 0 Å². The number of benzene rings is 2. The molecular formula is C21H18F3N3O. The Morgan fingerprint density at radius 2 is 1.71 bits per heavy atom. The number of alkyl halides is 3. The van der Waals surface area contributed by atoms with Crippen LogP contribution in [0.3, 0.4) is 0 Å². The topological polar surface area (TPSA) is 45.2 Å². The fraction of sp³-hybridized carbons (Fsp3) is 0.143. The van der Waals surface area contributed by atoms with E-state index < -0.39 is 17.6 Å². The maximum atomic E-state index is 13.1. The Hall–Kier alpha value is -3.35. The molecule has 0 aliphatic carbocycles. The summed E-state index contributed by atoms with van der Waals surface area (Å²) < 4.78 is 39.3. The molecule has 3 aromatic rings. The van der Waals surface area contributed by atoms with Gasteiger partial charge in [-0.2, -0.15) is 13.2 Å². The Kier molecular flexibility index (Phi) is 5.63. The fourth-order valence-corrected chi connectivity index (χ4v) is 2.74. The first kappa shape index (κ1) is 19.4. The maximum absolute atomic E-state index is 13.1. The van der Waals surface area contributed by atoms with Crippen molar-refractivity contribution >= 4 is 17.3 Å². The van der Waals surface area contributed by atoms with Crippen LogP contribution in [0.5, 0.6) is 0 Å². The molecule has 4 nitrogen and oxygen atoms in total. The molecule has 1 amide bonds. The molecule has 3 rings (SSSR count). The number of aromatic nitrogens is 1. The molecule has 0 bridgehead atoms. The lowest BCUT2D eigenvalue weighted by Gasteiger charge is -2.20. The zero-order chi connectivity index (χ0) is 20.1. The second-order valence-corrected chi connectivity index (χ2v) is 6.27. The van der Waals surface area contributed by atoms with E-state index in [0.717, 1.165) is 11.6 Å². The summed E-state index contributed by atoms with van der Waals surface area (Å²) in [5, 5.41) is 2.33. The van der Waals surface area contributed by atoms with Crippen molar-refractivity contribution in [3.63, 3.8) is 0 Å². The van der Waals surface area contributed by atoms with Gasteiger partial charge in [0, 0.05) is 19.8 Å². The number of carbonyl (C=O) groups is 1. The molecule has 0 atom stereocenters. The summed E-state index contributed by atoms with van der Waals surface area (Å²) in [5.74, 6) is -0.654. The average molecular weight is 385 g/mol. The molecule has 0 saturated carbocycles. The van der Waals surface area contributed by atoms with E-state index in [9.17, 15) is 18.0 Å². The number of para-hydroxylation sites is 1. The van der Waals surface area contributed by atoms with Gasteiger partial charge in [-0.15, -0.1) is 0 Å². The quantitative estimate of drug-likeness (QED) is 0.673. The van der Waals surface area contributed by atoms with Crippen LogP contribution in [0.15, 0.2) is 73.1 Å². The second kappa shape index (κ2) is 8.12. The third kappa shape index (κ3) is 4.68.